The molecule has 0 atom stereocenters. The van der Waals surface area contributed by atoms with E-state index in [1.807, 2.05) is 24.3 Å². The highest BCUT2D eigenvalue weighted by atomic mass is 16.1. The molecule has 0 aliphatic heterocycles. The second kappa shape index (κ2) is 5.42. The van der Waals surface area contributed by atoms with E-state index in [1.165, 1.54) is 5.39 Å². The van der Waals surface area contributed by atoms with Crippen molar-refractivity contribution in [2.24, 2.45) is 0 Å². The van der Waals surface area contributed by atoms with Gasteiger partial charge in [-0.25, -0.2) is 0 Å². The van der Waals surface area contributed by atoms with E-state index < -0.39 is 0 Å². The summed E-state index contributed by atoms with van der Waals surface area (Å²) >= 11 is 0. The van der Waals surface area contributed by atoms with E-state index in [0.717, 1.165) is 16.6 Å². The van der Waals surface area contributed by atoms with Crippen LogP contribution in [0.2, 0.25) is 0 Å². The summed E-state index contributed by atoms with van der Waals surface area (Å²) in [7, 11) is 0. The van der Waals surface area contributed by atoms with Gasteiger partial charge in [-0.3, -0.25) is 15.0 Å². The molecule has 2 heterocycles. The number of amides is 1. The largest absolute Gasteiger partial charge is 0.318 e. The fraction of sp³-hybridized carbons (Fsp3) is 0. The van der Waals surface area contributed by atoms with E-state index in [2.05, 4.69) is 43.9 Å². The Kier molecular flexibility index (Phi) is 3.12. The quantitative estimate of drug-likeness (QED) is 0.543. The first kappa shape index (κ1) is 13.3. The third-order valence-electron chi connectivity index (χ3n) is 3.62. The van der Waals surface area contributed by atoms with Crippen molar-refractivity contribution in [1.29, 1.82) is 0 Å². The van der Waals surface area contributed by atoms with Gasteiger partial charge in [0.25, 0.3) is 5.91 Å². The summed E-state index contributed by atoms with van der Waals surface area (Å²) in [6.45, 7) is 0. The molecule has 0 spiro atoms. The Morgan fingerprint density at radius 3 is 2.74 bits per heavy atom. The molecule has 2 aromatic heterocycles. The maximum Gasteiger partial charge on any atom is 0.273 e. The molecule has 0 saturated carbocycles. The van der Waals surface area contributed by atoms with Crippen molar-refractivity contribution in [3.63, 3.8) is 0 Å². The Hall–Kier alpha value is -3.41. The highest BCUT2D eigenvalue weighted by Gasteiger charge is 2.12. The Balaban J connectivity index is 1.62. The van der Waals surface area contributed by atoms with Crippen LogP contribution in [-0.2, 0) is 0 Å². The van der Waals surface area contributed by atoms with Crippen LogP contribution in [0.3, 0.4) is 0 Å². The second-order valence-corrected chi connectivity index (χ2v) is 5.17. The lowest BCUT2D eigenvalue weighted by molar-refractivity contribution is 0.102. The summed E-state index contributed by atoms with van der Waals surface area (Å²) in [4.78, 5) is 12.1. The molecule has 0 radical (unpaired) electrons. The SMILES string of the molecule is O=C(Nc1cn[nH]c1)c1cc(-c2ccc3ccccc3c2)n[nH]1. The van der Waals surface area contributed by atoms with Gasteiger partial charge in [-0.2, -0.15) is 10.2 Å². The molecule has 0 fully saturated rings. The van der Waals surface area contributed by atoms with Crippen LogP contribution < -0.4 is 5.32 Å². The number of rotatable bonds is 3. The number of carbonyl (C=O) groups excluding carboxylic acids is 1. The number of hydrogen-bond acceptors (Lipinski definition) is 3. The topological polar surface area (TPSA) is 86.5 Å². The minimum atomic E-state index is -0.258. The van der Waals surface area contributed by atoms with Gasteiger partial charge in [0.05, 0.1) is 17.6 Å². The maximum atomic E-state index is 12.1. The van der Waals surface area contributed by atoms with E-state index in [0.29, 0.717) is 11.4 Å². The first-order valence-corrected chi connectivity index (χ1v) is 7.14. The van der Waals surface area contributed by atoms with Gasteiger partial charge >= 0.3 is 0 Å². The van der Waals surface area contributed by atoms with Crippen molar-refractivity contribution in [3.05, 3.63) is 66.6 Å². The van der Waals surface area contributed by atoms with Crippen molar-refractivity contribution in [3.8, 4) is 11.3 Å². The number of nitrogens with zero attached hydrogens (tertiary/aromatic N) is 2. The molecule has 23 heavy (non-hydrogen) atoms. The zero-order valence-electron chi connectivity index (χ0n) is 12.1. The number of aromatic nitrogens is 4. The fourth-order valence-electron chi connectivity index (χ4n) is 2.45. The highest BCUT2D eigenvalue weighted by molar-refractivity contribution is 6.03. The molecule has 4 rings (SSSR count). The van der Waals surface area contributed by atoms with Crippen LogP contribution >= 0.6 is 0 Å². The van der Waals surface area contributed by atoms with E-state index in [9.17, 15) is 4.79 Å². The zero-order valence-corrected chi connectivity index (χ0v) is 12.1. The number of fused-ring (bicyclic) bond motifs is 1. The van der Waals surface area contributed by atoms with Crippen molar-refractivity contribution in [2.75, 3.05) is 5.32 Å². The first-order valence-electron chi connectivity index (χ1n) is 7.14. The molecule has 0 saturated heterocycles. The molecule has 0 aliphatic carbocycles. The van der Waals surface area contributed by atoms with Crippen molar-refractivity contribution >= 4 is 22.4 Å². The van der Waals surface area contributed by atoms with E-state index in [1.54, 1.807) is 18.5 Å². The number of nitrogens with one attached hydrogen (secondary N) is 3. The molecule has 112 valence electrons. The van der Waals surface area contributed by atoms with Gasteiger partial charge < -0.3 is 5.32 Å². The molecule has 6 nitrogen and oxygen atoms in total. The van der Waals surface area contributed by atoms with Crippen LogP contribution in [0.15, 0.2) is 60.9 Å². The minimum absolute atomic E-state index is 0.258. The Morgan fingerprint density at radius 1 is 1.04 bits per heavy atom. The minimum Gasteiger partial charge on any atom is -0.318 e. The molecule has 4 aromatic rings. The predicted octanol–water partition coefficient (Wildman–Crippen LogP) is 3.21. The fourth-order valence-corrected chi connectivity index (χ4v) is 2.45. The number of benzene rings is 2. The van der Waals surface area contributed by atoms with Gasteiger partial charge in [0.2, 0.25) is 0 Å². The van der Waals surface area contributed by atoms with E-state index in [-0.39, 0.29) is 5.91 Å². The Morgan fingerprint density at radius 2 is 1.91 bits per heavy atom. The summed E-state index contributed by atoms with van der Waals surface area (Å²) < 4.78 is 0. The second-order valence-electron chi connectivity index (χ2n) is 5.17. The van der Waals surface area contributed by atoms with Crippen LogP contribution in [0.5, 0.6) is 0 Å². The summed E-state index contributed by atoms with van der Waals surface area (Å²) in [6.07, 6.45) is 3.15. The van der Waals surface area contributed by atoms with Gasteiger partial charge in [0.1, 0.15) is 5.69 Å². The molecular weight excluding hydrogens is 290 g/mol. The average Bonchev–Trinajstić information content (AvgIpc) is 3.26. The van der Waals surface area contributed by atoms with Crippen LogP contribution in [0.4, 0.5) is 5.69 Å². The molecular formula is C17H13N5O. The van der Waals surface area contributed by atoms with Crippen molar-refractivity contribution in [2.45, 2.75) is 0 Å². The zero-order chi connectivity index (χ0) is 15.6. The number of hydrogen-bond donors (Lipinski definition) is 3. The lowest BCUT2D eigenvalue weighted by Gasteiger charge is -2.00. The first-order chi connectivity index (χ1) is 11.3. The standard InChI is InChI=1S/C17H13N5O/c23-17(20-14-9-18-19-10-14)16-8-15(21-22-16)13-6-5-11-3-1-2-4-12(11)7-13/h1-10H,(H,18,19)(H,20,23)(H,21,22). The number of H-pyrrole nitrogens is 2. The summed E-state index contributed by atoms with van der Waals surface area (Å²) in [5.41, 5.74) is 2.70. The monoisotopic (exact) mass is 303 g/mol. The van der Waals surface area contributed by atoms with Gasteiger partial charge in [-0.15, -0.1) is 0 Å². The summed E-state index contributed by atoms with van der Waals surface area (Å²) in [5, 5.41) is 18.5. The van der Waals surface area contributed by atoms with E-state index >= 15 is 0 Å². The average molecular weight is 303 g/mol. The molecule has 2 aromatic carbocycles. The Labute approximate surface area is 131 Å². The Bertz CT molecular complexity index is 972. The summed E-state index contributed by atoms with van der Waals surface area (Å²) in [5.74, 6) is -0.258. The van der Waals surface area contributed by atoms with Gasteiger partial charge in [0.15, 0.2) is 0 Å². The normalized spacial score (nSPS) is 10.8. The van der Waals surface area contributed by atoms with Crippen molar-refractivity contribution in [1.82, 2.24) is 20.4 Å². The van der Waals surface area contributed by atoms with Crippen LogP contribution in [0.1, 0.15) is 10.5 Å². The van der Waals surface area contributed by atoms with Gasteiger partial charge in [0, 0.05) is 11.8 Å². The molecule has 0 aliphatic rings. The maximum absolute atomic E-state index is 12.1. The molecule has 3 N–H and O–H groups in total. The smallest absolute Gasteiger partial charge is 0.273 e. The highest BCUT2D eigenvalue weighted by Crippen LogP contribution is 2.23. The number of aromatic amines is 2. The van der Waals surface area contributed by atoms with Crippen LogP contribution in [0.25, 0.3) is 22.0 Å². The van der Waals surface area contributed by atoms with Crippen LogP contribution in [-0.4, -0.2) is 26.3 Å². The lowest BCUT2D eigenvalue weighted by Crippen LogP contribution is -2.11. The lowest BCUT2D eigenvalue weighted by atomic mass is 10.1. The number of carbonyl (C=O) groups is 1. The van der Waals surface area contributed by atoms with Gasteiger partial charge in [-0.1, -0.05) is 36.4 Å². The third kappa shape index (κ3) is 2.57. The molecule has 1 amide bonds. The summed E-state index contributed by atoms with van der Waals surface area (Å²) in [6, 6.07) is 16.0. The van der Waals surface area contributed by atoms with Crippen LogP contribution in [0, 0.1) is 0 Å². The van der Waals surface area contributed by atoms with Gasteiger partial charge in [-0.05, 0) is 22.9 Å². The van der Waals surface area contributed by atoms with E-state index in [4.69, 9.17) is 0 Å². The molecule has 0 bridgehead atoms. The molecule has 0 unspecified atom stereocenters. The molecule has 6 heteroatoms. The number of anilines is 1. The van der Waals surface area contributed by atoms with Crippen molar-refractivity contribution < 1.29 is 4.79 Å². The third-order valence-corrected chi connectivity index (χ3v) is 3.62. The predicted molar refractivity (Wildman–Crippen MR) is 88.1 cm³/mol.